The van der Waals surface area contributed by atoms with E-state index in [-0.39, 0.29) is 23.2 Å². The minimum Gasteiger partial charge on any atom is -0.493 e. The van der Waals surface area contributed by atoms with Gasteiger partial charge in [0, 0.05) is 35.3 Å². The predicted molar refractivity (Wildman–Crippen MR) is 145 cm³/mol. The number of amides is 1. The van der Waals surface area contributed by atoms with Gasteiger partial charge in [0.2, 0.25) is 0 Å². The number of pyridine rings is 3. The van der Waals surface area contributed by atoms with Crippen LogP contribution in [0.2, 0.25) is 0 Å². The van der Waals surface area contributed by atoms with Crippen LogP contribution in [0.1, 0.15) is 45.3 Å². The summed E-state index contributed by atoms with van der Waals surface area (Å²) < 4.78 is 23.6. The molecule has 1 aliphatic heterocycles. The standard InChI is InChI=1S/C29H26N4O7/c1-37-25-11-18-21(12-26(25)38-2)30-9-8-24(18)40-17-6-7-27(31-13-17)32-28(35)20-10-19-22(4-3-5-23(19)34)33(29(20)36)16-14-39-15-16/h6-13,16H,3-5,14-15H2,1-2H3,(H,31,32,35). The molecule has 2 aliphatic rings. The zero-order valence-electron chi connectivity index (χ0n) is 21.9. The fourth-order valence-electron chi connectivity index (χ4n) is 5.00. The van der Waals surface area contributed by atoms with Gasteiger partial charge < -0.3 is 28.8 Å². The molecule has 1 amide bonds. The number of ether oxygens (including phenoxy) is 4. The second-order valence-electron chi connectivity index (χ2n) is 9.53. The Hall–Kier alpha value is -4.77. The molecule has 204 valence electrons. The van der Waals surface area contributed by atoms with E-state index in [0.29, 0.717) is 77.6 Å². The first-order valence-corrected chi connectivity index (χ1v) is 12.8. The smallest absolute Gasteiger partial charge is 0.264 e. The van der Waals surface area contributed by atoms with Gasteiger partial charge in [-0.3, -0.25) is 19.4 Å². The maximum absolute atomic E-state index is 13.3. The average Bonchev–Trinajstić information content (AvgIpc) is 2.94. The predicted octanol–water partition coefficient (Wildman–Crippen LogP) is 3.94. The molecule has 4 heterocycles. The van der Waals surface area contributed by atoms with Gasteiger partial charge in [-0.05, 0) is 43.2 Å². The maximum atomic E-state index is 13.3. The first-order valence-electron chi connectivity index (χ1n) is 12.8. The van der Waals surface area contributed by atoms with E-state index in [4.69, 9.17) is 18.9 Å². The van der Waals surface area contributed by atoms with E-state index in [1.165, 1.54) is 12.3 Å². The normalized spacial score (nSPS) is 14.8. The summed E-state index contributed by atoms with van der Waals surface area (Å²) in [5.41, 5.74) is 1.24. The third-order valence-electron chi connectivity index (χ3n) is 7.10. The van der Waals surface area contributed by atoms with E-state index in [0.717, 1.165) is 0 Å². The van der Waals surface area contributed by atoms with Crippen LogP contribution in [0.5, 0.6) is 23.0 Å². The monoisotopic (exact) mass is 542 g/mol. The molecule has 1 N–H and O–H groups in total. The summed E-state index contributed by atoms with van der Waals surface area (Å²) in [6.07, 6.45) is 4.77. The van der Waals surface area contributed by atoms with Crippen LogP contribution in [0.4, 0.5) is 5.82 Å². The molecular formula is C29H26N4O7. The molecule has 4 aromatic rings. The number of hydrogen-bond donors (Lipinski definition) is 1. The van der Waals surface area contributed by atoms with Gasteiger partial charge in [-0.15, -0.1) is 0 Å². The van der Waals surface area contributed by atoms with Crippen LogP contribution >= 0.6 is 0 Å². The van der Waals surface area contributed by atoms with E-state index >= 15 is 0 Å². The number of Topliss-reactive ketones (excluding diaryl/α,β-unsaturated/α-hetero) is 1. The molecule has 0 saturated carbocycles. The molecule has 1 aliphatic carbocycles. The lowest BCUT2D eigenvalue weighted by atomic mass is 9.92. The quantitative estimate of drug-likeness (QED) is 0.369. The Kier molecular flexibility index (Phi) is 6.64. The molecule has 1 saturated heterocycles. The summed E-state index contributed by atoms with van der Waals surface area (Å²) in [7, 11) is 3.11. The lowest BCUT2D eigenvalue weighted by Gasteiger charge is -2.32. The Balaban J connectivity index is 1.24. The van der Waals surface area contributed by atoms with Gasteiger partial charge >= 0.3 is 0 Å². The highest BCUT2D eigenvalue weighted by molar-refractivity contribution is 6.06. The average molecular weight is 543 g/mol. The number of hydrogen-bond acceptors (Lipinski definition) is 9. The molecule has 0 spiro atoms. The molecule has 0 unspecified atom stereocenters. The number of aromatic nitrogens is 3. The first-order chi connectivity index (χ1) is 19.5. The number of carbonyl (C=O) groups is 2. The van der Waals surface area contributed by atoms with Crippen molar-refractivity contribution in [2.45, 2.75) is 25.3 Å². The topological polar surface area (TPSA) is 131 Å². The minimum atomic E-state index is -0.637. The van der Waals surface area contributed by atoms with Gasteiger partial charge in [-0.2, -0.15) is 0 Å². The van der Waals surface area contributed by atoms with E-state index in [9.17, 15) is 14.4 Å². The summed E-state index contributed by atoms with van der Waals surface area (Å²) in [5, 5.41) is 3.38. The van der Waals surface area contributed by atoms with Crippen LogP contribution in [0.15, 0.2) is 53.6 Å². The molecule has 6 rings (SSSR count). The summed E-state index contributed by atoms with van der Waals surface area (Å²) in [6, 6.07) is 9.72. The Labute approximate surface area is 228 Å². The highest BCUT2D eigenvalue weighted by Crippen LogP contribution is 2.37. The number of methoxy groups -OCH3 is 2. The van der Waals surface area contributed by atoms with Gasteiger partial charge in [0.05, 0.1) is 45.2 Å². The SMILES string of the molecule is COc1cc2nccc(Oc3ccc(NC(=O)c4cc5c(n(C6COC6)c4=O)CCCC5=O)nc3)c2cc1OC. The zero-order chi connectivity index (χ0) is 27.8. The molecule has 11 nitrogen and oxygen atoms in total. The van der Waals surface area contributed by atoms with Crippen molar-refractivity contribution in [3.05, 3.63) is 76.0 Å². The van der Waals surface area contributed by atoms with Crippen LogP contribution in [-0.2, 0) is 11.2 Å². The second kappa shape index (κ2) is 10.4. The first kappa shape index (κ1) is 25.5. The zero-order valence-corrected chi connectivity index (χ0v) is 21.9. The number of anilines is 1. The van der Waals surface area contributed by atoms with E-state index in [1.807, 2.05) is 0 Å². The lowest BCUT2D eigenvalue weighted by Crippen LogP contribution is -2.43. The highest BCUT2D eigenvalue weighted by atomic mass is 16.5. The van der Waals surface area contributed by atoms with Crippen LogP contribution in [-0.4, -0.2) is 53.7 Å². The Morgan fingerprint density at radius 1 is 1.00 bits per heavy atom. The van der Waals surface area contributed by atoms with Crippen molar-refractivity contribution in [3.63, 3.8) is 0 Å². The summed E-state index contributed by atoms with van der Waals surface area (Å²) in [6.45, 7) is 0.753. The molecule has 0 radical (unpaired) electrons. The van der Waals surface area contributed by atoms with E-state index < -0.39 is 11.5 Å². The van der Waals surface area contributed by atoms with E-state index in [1.54, 1.807) is 55.3 Å². The third-order valence-corrected chi connectivity index (χ3v) is 7.10. The summed E-state index contributed by atoms with van der Waals surface area (Å²) in [4.78, 5) is 47.8. The van der Waals surface area contributed by atoms with Gasteiger partial charge in [0.15, 0.2) is 17.3 Å². The van der Waals surface area contributed by atoms with Crippen LogP contribution < -0.4 is 25.1 Å². The third kappa shape index (κ3) is 4.54. The maximum Gasteiger partial charge on any atom is 0.264 e. The highest BCUT2D eigenvalue weighted by Gasteiger charge is 2.31. The number of nitrogens with zero attached hydrogens (tertiary/aromatic N) is 3. The molecule has 3 aromatic heterocycles. The lowest BCUT2D eigenvalue weighted by molar-refractivity contribution is -0.0262. The van der Waals surface area contributed by atoms with Crippen molar-refractivity contribution in [3.8, 4) is 23.0 Å². The molecule has 40 heavy (non-hydrogen) atoms. The van der Waals surface area contributed by atoms with Crippen molar-refractivity contribution < 1.29 is 28.5 Å². The molecule has 1 fully saturated rings. The van der Waals surface area contributed by atoms with Gasteiger partial charge in [0.25, 0.3) is 11.5 Å². The van der Waals surface area contributed by atoms with E-state index in [2.05, 4.69) is 15.3 Å². The largest absolute Gasteiger partial charge is 0.493 e. The minimum absolute atomic E-state index is 0.0661. The number of carbonyl (C=O) groups excluding carboxylic acids is 2. The van der Waals surface area contributed by atoms with Crippen molar-refractivity contribution in [2.75, 3.05) is 32.8 Å². The van der Waals surface area contributed by atoms with Gasteiger partial charge in [-0.25, -0.2) is 4.98 Å². The number of ketones is 1. The molecular weight excluding hydrogens is 516 g/mol. The van der Waals surface area contributed by atoms with Crippen molar-refractivity contribution in [1.29, 1.82) is 0 Å². The van der Waals surface area contributed by atoms with Crippen molar-refractivity contribution >= 4 is 28.4 Å². The number of rotatable bonds is 7. The number of nitrogens with one attached hydrogen (secondary N) is 1. The Bertz CT molecular complexity index is 1690. The van der Waals surface area contributed by atoms with Crippen molar-refractivity contribution in [2.24, 2.45) is 0 Å². The van der Waals surface area contributed by atoms with Crippen LogP contribution in [0.3, 0.4) is 0 Å². The fourth-order valence-corrected chi connectivity index (χ4v) is 5.00. The molecule has 0 bridgehead atoms. The number of benzene rings is 1. The molecule has 11 heteroatoms. The number of fused-ring (bicyclic) bond motifs is 2. The second-order valence-corrected chi connectivity index (χ2v) is 9.53. The molecule has 1 aromatic carbocycles. The van der Waals surface area contributed by atoms with Crippen molar-refractivity contribution in [1.82, 2.24) is 14.5 Å². The molecule has 0 atom stereocenters. The fraction of sp³-hybridized carbons (Fsp3) is 0.276. The van der Waals surface area contributed by atoms with Gasteiger partial charge in [-0.1, -0.05) is 0 Å². The van der Waals surface area contributed by atoms with Gasteiger partial charge in [0.1, 0.15) is 22.9 Å². The summed E-state index contributed by atoms with van der Waals surface area (Å²) in [5.74, 6) is 1.57. The van der Waals surface area contributed by atoms with Crippen LogP contribution in [0.25, 0.3) is 10.9 Å². The van der Waals surface area contributed by atoms with Crippen LogP contribution in [0, 0.1) is 0 Å². The Morgan fingerprint density at radius 2 is 1.80 bits per heavy atom. The summed E-state index contributed by atoms with van der Waals surface area (Å²) >= 11 is 0. The Morgan fingerprint density at radius 3 is 2.50 bits per heavy atom.